The fourth-order valence-corrected chi connectivity index (χ4v) is 1.64. The highest BCUT2D eigenvalue weighted by molar-refractivity contribution is 5.80. The molecule has 0 fully saturated rings. The minimum absolute atomic E-state index is 0.0769. The minimum atomic E-state index is -0.978. The monoisotopic (exact) mass is 258 g/mol. The molecule has 0 aromatic rings. The molecule has 0 radical (unpaired) electrons. The predicted molar refractivity (Wildman–Crippen MR) is 71.6 cm³/mol. The molecule has 0 aromatic carbocycles. The third-order valence-corrected chi connectivity index (χ3v) is 2.65. The predicted octanol–water partition coefficient (Wildman–Crippen LogP) is 2.32. The highest BCUT2D eigenvalue weighted by Crippen LogP contribution is 2.06. The second-order valence-electron chi connectivity index (χ2n) is 5.14. The Hall–Kier alpha value is -1.26. The number of rotatable bonds is 8. The number of nitrogens with one attached hydrogen (secondary N) is 1. The van der Waals surface area contributed by atoms with Crippen molar-refractivity contribution in [1.82, 2.24) is 10.2 Å². The van der Waals surface area contributed by atoms with Crippen molar-refractivity contribution in [2.24, 2.45) is 5.92 Å². The summed E-state index contributed by atoms with van der Waals surface area (Å²) in [6, 6.07) is -0.205. The number of hydrogen-bond acceptors (Lipinski definition) is 2. The maximum Gasteiger partial charge on any atom is 0.323 e. The van der Waals surface area contributed by atoms with Crippen LogP contribution in [0.2, 0.25) is 0 Å². The Morgan fingerprint density at radius 2 is 1.83 bits per heavy atom. The summed E-state index contributed by atoms with van der Waals surface area (Å²) in [4.78, 5) is 23.9. The van der Waals surface area contributed by atoms with Crippen LogP contribution in [0, 0.1) is 5.92 Å². The van der Waals surface area contributed by atoms with Crippen molar-refractivity contribution in [2.45, 2.75) is 53.0 Å². The molecule has 5 heteroatoms. The summed E-state index contributed by atoms with van der Waals surface area (Å²) in [6.45, 7) is 8.38. The molecule has 0 rings (SSSR count). The van der Waals surface area contributed by atoms with Crippen molar-refractivity contribution < 1.29 is 14.7 Å². The summed E-state index contributed by atoms with van der Waals surface area (Å²) in [5.41, 5.74) is 0. The van der Waals surface area contributed by atoms with E-state index in [1.807, 2.05) is 13.8 Å². The molecule has 18 heavy (non-hydrogen) atoms. The second-order valence-corrected chi connectivity index (χ2v) is 5.14. The minimum Gasteiger partial charge on any atom is -0.480 e. The van der Waals surface area contributed by atoms with E-state index < -0.39 is 5.97 Å². The summed E-state index contributed by atoms with van der Waals surface area (Å²) in [7, 11) is 0. The highest BCUT2D eigenvalue weighted by atomic mass is 16.4. The fourth-order valence-electron chi connectivity index (χ4n) is 1.64. The van der Waals surface area contributed by atoms with Gasteiger partial charge < -0.3 is 15.3 Å². The third-order valence-electron chi connectivity index (χ3n) is 2.65. The first-order valence-electron chi connectivity index (χ1n) is 6.64. The lowest BCUT2D eigenvalue weighted by atomic mass is 10.0. The lowest BCUT2D eigenvalue weighted by molar-refractivity contribution is -0.137. The van der Waals surface area contributed by atoms with E-state index in [-0.39, 0.29) is 18.6 Å². The van der Waals surface area contributed by atoms with E-state index in [0.29, 0.717) is 12.5 Å². The lowest BCUT2D eigenvalue weighted by Gasteiger charge is -2.23. The van der Waals surface area contributed by atoms with Crippen LogP contribution in [-0.2, 0) is 4.79 Å². The number of amides is 2. The molecule has 1 atom stereocenters. The molecule has 5 nitrogen and oxygen atoms in total. The Morgan fingerprint density at radius 3 is 2.28 bits per heavy atom. The third kappa shape index (κ3) is 7.92. The van der Waals surface area contributed by atoms with Gasteiger partial charge >= 0.3 is 12.0 Å². The summed E-state index contributed by atoms with van der Waals surface area (Å²) in [5.74, 6) is -0.372. The smallest absolute Gasteiger partial charge is 0.323 e. The zero-order chi connectivity index (χ0) is 14.1. The van der Waals surface area contributed by atoms with Crippen molar-refractivity contribution >= 4 is 12.0 Å². The van der Waals surface area contributed by atoms with Gasteiger partial charge in [-0.05, 0) is 32.1 Å². The number of nitrogens with zero attached hydrogens (tertiary/aromatic N) is 1. The zero-order valence-corrected chi connectivity index (χ0v) is 11.9. The Labute approximate surface area is 110 Å². The van der Waals surface area contributed by atoms with E-state index in [0.717, 1.165) is 19.3 Å². The number of aliphatic carboxylic acids is 1. The van der Waals surface area contributed by atoms with Crippen LogP contribution in [0.1, 0.15) is 47.0 Å². The topological polar surface area (TPSA) is 69.6 Å². The largest absolute Gasteiger partial charge is 0.480 e. The maximum absolute atomic E-state index is 11.9. The molecule has 0 bridgehead atoms. The zero-order valence-electron chi connectivity index (χ0n) is 11.9. The summed E-state index contributed by atoms with van der Waals surface area (Å²) in [5, 5.41) is 11.6. The molecular formula is C13H26N2O3. The summed E-state index contributed by atoms with van der Waals surface area (Å²) >= 11 is 0. The van der Waals surface area contributed by atoms with Crippen LogP contribution in [-0.4, -0.2) is 41.1 Å². The molecule has 106 valence electrons. The van der Waals surface area contributed by atoms with Gasteiger partial charge in [0.25, 0.3) is 0 Å². The molecule has 0 aliphatic carbocycles. The van der Waals surface area contributed by atoms with Gasteiger partial charge in [0.05, 0.1) is 0 Å². The second kappa shape index (κ2) is 8.78. The van der Waals surface area contributed by atoms with Gasteiger partial charge in [-0.2, -0.15) is 0 Å². The van der Waals surface area contributed by atoms with Crippen molar-refractivity contribution in [2.75, 3.05) is 13.1 Å². The van der Waals surface area contributed by atoms with Gasteiger partial charge in [0, 0.05) is 12.6 Å². The molecule has 0 heterocycles. The molecule has 0 saturated carbocycles. The van der Waals surface area contributed by atoms with E-state index in [1.54, 1.807) is 0 Å². The van der Waals surface area contributed by atoms with Gasteiger partial charge in [-0.1, -0.05) is 20.8 Å². The van der Waals surface area contributed by atoms with Crippen LogP contribution in [0.4, 0.5) is 4.79 Å². The molecule has 0 saturated heterocycles. The summed E-state index contributed by atoms with van der Waals surface area (Å²) < 4.78 is 0. The number of carboxylic acid groups (broad SMARTS) is 1. The van der Waals surface area contributed by atoms with Gasteiger partial charge in [0.2, 0.25) is 0 Å². The molecule has 1 unspecified atom stereocenters. The lowest BCUT2D eigenvalue weighted by Crippen LogP contribution is -2.46. The van der Waals surface area contributed by atoms with Gasteiger partial charge in [-0.25, -0.2) is 4.79 Å². The SMILES string of the molecule is CCCN(CC(=O)O)C(=O)NC(C)CCC(C)C. The fraction of sp³-hybridized carbons (Fsp3) is 0.846. The van der Waals surface area contributed by atoms with Gasteiger partial charge in [0.15, 0.2) is 0 Å². The van der Waals surface area contributed by atoms with Crippen molar-refractivity contribution in [3.8, 4) is 0 Å². The first-order valence-corrected chi connectivity index (χ1v) is 6.64. The van der Waals surface area contributed by atoms with E-state index in [9.17, 15) is 9.59 Å². The summed E-state index contributed by atoms with van der Waals surface area (Å²) in [6.07, 6.45) is 2.71. The molecule has 2 amide bonds. The van der Waals surface area contributed by atoms with Crippen LogP contribution in [0.15, 0.2) is 0 Å². The Kier molecular flexibility index (Phi) is 8.16. The van der Waals surface area contributed by atoms with Crippen LogP contribution >= 0.6 is 0 Å². The number of carbonyl (C=O) groups excluding carboxylic acids is 1. The number of carboxylic acids is 1. The first-order chi connectivity index (χ1) is 8.36. The Balaban J connectivity index is 4.19. The van der Waals surface area contributed by atoms with Crippen molar-refractivity contribution in [1.29, 1.82) is 0 Å². The molecule has 0 aliphatic rings. The highest BCUT2D eigenvalue weighted by Gasteiger charge is 2.17. The van der Waals surface area contributed by atoms with E-state index >= 15 is 0 Å². The van der Waals surface area contributed by atoms with Gasteiger partial charge in [0.1, 0.15) is 6.54 Å². The van der Waals surface area contributed by atoms with Crippen molar-refractivity contribution in [3.63, 3.8) is 0 Å². The Morgan fingerprint density at radius 1 is 1.22 bits per heavy atom. The quantitative estimate of drug-likeness (QED) is 0.702. The molecule has 0 spiro atoms. The average Bonchev–Trinajstić information content (AvgIpc) is 2.25. The van der Waals surface area contributed by atoms with Crippen molar-refractivity contribution in [3.05, 3.63) is 0 Å². The number of hydrogen-bond donors (Lipinski definition) is 2. The van der Waals surface area contributed by atoms with Gasteiger partial charge in [-0.3, -0.25) is 4.79 Å². The molecule has 2 N–H and O–H groups in total. The maximum atomic E-state index is 11.9. The normalized spacial score (nSPS) is 12.3. The standard InChI is InChI=1S/C13H26N2O3/c1-5-8-15(9-12(16)17)13(18)14-11(4)7-6-10(2)3/h10-11H,5-9H2,1-4H3,(H,14,18)(H,16,17). The average molecular weight is 258 g/mol. The van der Waals surface area contributed by atoms with E-state index in [4.69, 9.17) is 5.11 Å². The molecule has 0 aliphatic heterocycles. The number of carbonyl (C=O) groups is 2. The number of urea groups is 1. The van der Waals surface area contributed by atoms with E-state index in [1.165, 1.54) is 4.90 Å². The van der Waals surface area contributed by atoms with Gasteiger partial charge in [-0.15, -0.1) is 0 Å². The van der Waals surface area contributed by atoms with Crippen LogP contribution in [0.5, 0.6) is 0 Å². The van der Waals surface area contributed by atoms with Crippen LogP contribution in [0.25, 0.3) is 0 Å². The van der Waals surface area contributed by atoms with Crippen LogP contribution < -0.4 is 5.32 Å². The van der Waals surface area contributed by atoms with E-state index in [2.05, 4.69) is 19.2 Å². The van der Waals surface area contributed by atoms with Crippen LogP contribution in [0.3, 0.4) is 0 Å². The molecular weight excluding hydrogens is 232 g/mol. The Bertz CT molecular complexity index is 267. The molecule has 0 aromatic heterocycles. The first kappa shape index (κ1) is 16.7.